The number of anilines is 2. The summed E-state index contributed by atoms with van der Waals surface area (Å²) in [5, 5.41) is 4.98. The Labute approximate surface area is 150 Å². The maximum absolute atomic E-state index is 6.27. The van der Waals surface area contributed by atoms with E-state index < -0.39 is 0 Å². The Kier molecular flexibility index (Phi) is 3.93. The number of rotatable bonds is 4. The summed E-state index contributed by atoms with van der Waals surface area (Å²) >= 11 is 6.27. The van der Waals surface area contributed by atoms with Crippen molar-refractivity contribution in [2.75, 3.05) is 5.32 Å². The number of nitrogens with one attached hydrogen (secondary N) is 1. The molecule has 1 aromatic carbocycles. The van der Waals surface area contributed by atoms with Crippen LogP contribution >= 0.6 is 11.6 Å². The van der Waals surface area contributed by atoms with E-state index in [2.05, 4.69) is 33.7 Å². The average Bonchev–Trinajstić information content (AvgIpc) is 3.21. The highest BCUT2D eigenvalue weighted by Crippen LogP contribution is 2.32. The van der Waals surface area contributed by atoms with Crippen molar-refractivity contribution in [1.29, 1.82) is 0 Å². The number of hydrogen-bond donors (Lipinski definition) is 1. The molecule has 0 aliphatic carbocycles. The van der Waals surface area contributed by atoms with Crippen LogP contribution in [0.2, 0.25) is 5.02 Å². The SMILES string of the molecule is Cc1c(C)n(Cc2ccco2)c2ncnc(Nc3ccccc3Cl)c12. The fourth-order valence-corrected chi connectivity index (χ4v) is 3.19. The number of nitrogens with zero attached hydrogens (tertiary/aromatic N) is 3. The van der Waals surface area contributed by atoms with E-state index >= 15 is 0 Å². The Morgan fingerprint density at radius 3 is 2.72 bits per heavy atom. The molecule has 0 aliphatic rings. The largest absolute Gasteiger partial charge is 0.467 e. The van der Waals surface area contributed by atoms with E-state index in [1.54, 1.807) is 12.6 Å². The van der Waals surface area contributed by atoms with Gasteiger partial charge in [-0.25, -0.2) is 9.97 Å². The van der Waals surface area contributed by atoms with Gasteiger partial charge in [-0.05, 0) is 43.7 Å². The third-order valence-electron chi connectivity index (χ3n) is 4.43. The minimum Gasteiger partial charge on any atom is -0.467 e. The van der Waals surface area contributed by atoms with Crippen molar-refractivity contribution < 1.29 is 4.42 Å². The monoisotopic (exact) mass is 352 g/mol. The Hall–Kier alpha value is -2.79. The van der Waals surface area contributed by atoms with Gasteiger partial charge in [0.05, 0.1) is 28.9 Å². The van der Waals surface area contributed by atoms with Crippen LogP contribution in [-0.2, 0) is 6.54 Å². The fraction of sp³-hybridized carbons (Fsp3) is 0.158. The maximum atomic E-state index is 6.27. The lowest BCUT2D eigenvalue weighted by molar-refractivity contribution is 0.494. The zero-order valence-corrected chi connectivity index (χ0v) is 14.7. The van der Waals surface area contributed by atoms with Crippen LogP contribution in [0, 0.1) is 13.8 Å². The molecular weight excluding hydrogens is 336 g/mol. The zero-order valence-electron chi connectivity index (χ0n) is 14.0. The molecule has 0 bridgehead atoms. The lowest BCUT2D eigenvalue weighted by atomic mass is 10.2. The van der Waals surface area contributed by atoms with Crippen molar-refractivity contribution in [2.24, 2.45) is 0 Å². The van der Waals surface area contributed by atoms with Crippen LogP contribution in [0.1, 0.15) is 17.0 Å². The van der Waals surface area contributed by atoms with Gasteiger partial charge in [-0.1, -0.05) is 23.7 Å². The van der Waals surface area contributed by atoms with E-state index in [0.29, 0.717) is 11.6 Å². The molecule has 4 rings (SSSR count). The number of benzene rings is 1. The van der Waals surface area contributed by atoms with E-state index in [9.17, 15) is 0 Å². The number of aryl methyl sites for hydroxylation is 1. The highest BCUT2D eigenvalue weighted by atomic mass is 35.5. The van der Waals surface area contributed by atoms with E-state index in [1.807, 2.05) is 36.4 Å². The molecule has 6 heteroatoms. The highest BCUT2D eigenvalue weighted by Gasteiger charge is 2.17. The van der Waals surface area contributed by atoms with Crippen LogP contribution in [0.4, 0.5) is 11.5 Å². The van der Waals surface area contributed by atoms with E-state index in [0.717, 1.165) is 39.6 Å². The average molecular weight is 353 g/mol. The van der Waals surface area contributed by atoms with E-state index in [4.69, 9.17) is 16.0 Å². The molecule has 0 amide bonds. The number of halogens is 1. The number of aromatic nitrogens is 3. The van der Waals surface area contributed by atoms with Gasteiger partial charge in [0.25, 0.3) is 0 Å². The molecule has 0 saturated heterocycles. The second-order valence-electron chi connectivity index (χ2n) is 5.90. The molecule has 126 valence electrons. The standard InChI is InChI=1S/C19H17ClN4O/c1-12-13(2)24(10-14-6-5-9-25-14)19-17(12)18(21-11-22-19)23-16-8-4-3-7-15(16)20/h3-9,11H,10H2,1-2H3,(H,21,22,23). The van der Waals surface area contributed by atoms with Gasteiger partial charge >= 0.3 is 0 Å². The van der Waals surface area contributed by atoms with Gasteiger partial charge in [0.2, 0.25) is 0 Å². The molecule has 0 spiro atoms. The summed E-state index contributed by atoms with van der Waals surface area (Å²) in [5.41, 5.74) is 3.96. The second-order valence-corrected chi connectivity index (χ2v) is 6.31. The van der Waals surface area contributed by atoms with Crippen LogP contribution < -0.4 is 5.32 Å². The molecule has 4 aromatic rings. The van der Waals surface area contributed by atoms with Gasteiger partial charge in [0.15, 0.2) is 0 Å². The molecule has 3 heterocycles. The van der Waals surface area contributed by atoms with Crippen LogP contribution in [-0.4, -0.2) is 14.5 Å². The summed E-state index contributed by atoms with van der Waals surface area (Å²) in [6.45, 7) is 4.79. The van der Waals surface area contributed by atoms with Gasteiger partial charge in [-0.3, -0.25) is 0 Å². The molecule has 5 nitrogen and oxygen atoms in total. The molecule has 25 heavy (non-hydrogen) atoms. The van der Waals surface area contributed by atoms with Gasteiger partial charge in [-0.2, -0.15) is 0 Å². The molecular formula is C19H17ClN4O. The van der Waals surface area contributed by atoms with Gasteiger partial charge in [-0.15, -0.1) is 0 Å². The lowest BCUT2D eigenvalue weighted by Gasteiger charge is -2.09. The fourth-order valence-electron chi connectivity index (χ4n) is 3.01. The first-order valence-electron chi connectivity index (χ1n) is 7.99. The summed E-state index contributed by atoms with van der Waals surface area (Å²) in [4.78, 5) is 8.94. The first-order chi connectivity index (χ1) is 12.1. The Balaban J connectivity index is 1.83. The van der Waals surface area contributed by atoms with Crippen molar-refractivity contribution in [2.45, 2.75) is 20.4 Å². The van der Waals surface area contributed by atoms with Gasteiger partial charge in [0, 0.05) is 5.69 Å². The summed E-state index contributed by atoms with van der Waals surface area (Å²) < 4.78 is 7.64. The molecule has 0 aliphatic heterocycles. The first kappa shape index (κ1) is 15.7. The molecule has 3 aromatic heterocycles. The quantitative estimate of drug-likeness (QED) is 0.556. The topological polar surface area (TPSA) is 55.9 Å². The van der Waals surface area contributed by atoms with Gasteiger partial charge < -0.3 is 14.3 Å². The summed E-state index contributed by atoms with van der Waals surface area (Å²) in [6, 6.07) is 11.5. The third-order valence-corrected chi connectivity index (χ3v) is 4.76. The number of furan rings is 1. The van der Waals surface area contributed by atoms with E-state index in [-0.39, 0.29) is 0 Å². The Morgan fingerprint density at radius 1 is 1.12 bits per heavy atom. The van der Waals surface area contributed by atoms with Crippen molar-refractivity contribution >= 4 is 34.1 Å². The molecule has 1 N–H and O–H groups in total. The number of fused-ring (bicyclic) bond motifs is 1. The predicted octanol–water partition coefficient (Wildman–Crippen LogP) is 5.09. The minimum absolute atomic E-state index is 0.631. The maximum Gasteiger partial charge on any atom is 0.146 e. The van der Waals surface area contributed by atoms with Crippen LogP contribution in [0.3, 0.4) is 0 Å². The first-order valence-corrected chi connectivity index (χ1v) is 8.37. The lowest BCUT2D eigenvalue weighted by Crippen LogP contribution is -2.02. The van der Waals surface area contributed by atoms with E-state index in [1.165, 1.54) is 0 Å². The Morgan fingerprint density at radius 2 is 1.96 bits per heavy atom. The molecule has 0 radical (unpaired) electrons. The van der Waals surface area contributed by atoms with Crippen LogP contribution in [0.25, 0.3) is 11.0 Å². The highest BCUT2D eigenvalue weighted by molar-refractivity contribution is 6.33. The predicted molar refractivity (Wildman–Crippen MR) is 99.5 cm³/mol. The zero-order chi connectivity index (χ0) is 17.4. The minimum atomic E-state index is 0.631. The molecule has 0 atom stereocenters. The van der Waals surface area contributed by atoms with Crippen molar-refractivity contribution in [3.63, 3.8) is 0 Å². The molecule has 0 unspecified atom stereocenters. The summed E-state index contributed by atoms with van der Waals surface area (Å²) in [7, 11) is 0. The van der Waals surface area contributed by atoms with Crippen LogP contribution in [0.15, 0.2) is 53.4 Å². The summed E-state index contributed by atoms with van der Waals surface area (Å²) in [6.07, 6.45) is 3.25. The number of para-hydroxylation sites is 1. The Bertz CT molecular complexity index is 1040. The molecule has 0 fully saturated rings. The van der Waals surface area contributed by atoms with Crippen molar-refractivity contribution in [3.8, 4) is 0 Å². The second kappa shape index (κ2) is 6.26. The normalized spacial score (nSPS) is 11.2. The molecule has 0 saturated carbocycles. The van der Waals surface area contributed by atoms with Crippen molar-refractivity contribution in [3.05, 3.63) is 71.0 Å². The smallest absolute Gasteiger partial charge is 0.146 e. The van der Waals surface area contributed by atoms with Crippen molar-refractivity contribution in [1.82, 2.24) is 14.5 Å². The third kappa shape index (κ3) is 2.76. The number of hydrogen-bond acceptors (Lipinski definition) is 4. The van der Waals surface area contributed by atoms with Gasteiger partial charge in [0.1, 0.15) is 23.6 Å². The van der Waals surface area contributed by atoms with Crippen LogP contribution in [0.5, 0.6) is 0 Å². The summed E-state index contributed by atoms with van der Waals surface area (Å²) in [5.74, 6) is 1.64.